The SMILES string of the molecule is CC1(C)CCC(NC(=O)Nc2cccc(C(=O)O)c2)C1. The van der Waals surface area contributed by atoms with E-state index in [9.17, 15) is 9.59 Å². The average molecular weight is 276 g/mol. The first-order chi connectivity index (χ1) is 9.35. The minimum Gasteiger partial charge on any atom is -0.478 e. The summed E-state index contributed by atoms with van der Waals surface area (Å²) in [4.78, 5) is 22.8. The molecule has 0 saturated heterocycles. The molecule has 2 amide bonds. The van der Waals surface area contributed by atoms with Gasteiger partial charge in [0.1, 0.15) is 0 Å². The van der Waals surface area contributed by atoms with Gasteiger partial charge in [0.05, 0.1) is 5.56 Å². The molecule has 0 bridgehead atoms. The van der Waals surface area contributed by atoms with Gasteiger partial charge < -0.3 is 15.7 Å². The lowest BCUT2D eigenvalue weighted by molar-refractivity contribution is 0.0697. The molecular formula is C15H20N2O3. The van der Waals surface area contributed by atoms with Gasteiger partial charge in [0.2, 0.25) is 0 Å². The van der Waals surface area contributed by atoms with Crippen LogP contribution in [0.3, 0.4) is 0 Å². The Bertz CT molecular complexity index is 526. The number of amides is 2. The number of hydrogen-bond acceptors (Lipinski definition) is 2. The lowest BCUT2D eigenvalue weighted by Crippen LogP contribution is -2.36. The van der Waals surface area contributed by atoms with E-state index < -0.39 is 5.97 Å². The molecule has 5 nitrogen and oxygen atoms in total. The molecule has 1 fully saturated rings. The van der Waals surface area contributed by atoms with Crippen LogP contribution >= 0.6 is 0 Å². The monoisotopic (exact) mass is 276 g/mol. The quantitative estimate of drug-likeness (QED) is 0.793. The molecule has 5 heteroatoms. The maximum atomic E-state index is 11.9. The van der Waals surface area contributed by atoms with Gasteiger partial charge in [-0.15, -0.1) is 0 Å². The highest BCUT2D eigenvalue weighted by molar-refractivity contribution is 5.93. The van der Waals surface area contributed by atoms with E-state index >= 15 is 0 Å². The molecule has 108 valence electrons. The van der Waals surface area contributed by atoms with Crippen molar-refractivity contribution in [3.63, 3.8) is 0 Å². The molecule has 0 heterocycles. The van der Waals surface area contributed by atoms with E-state index in [-0.39, 0.29) is 23.1 Å². The third-order valence-corrected chi connectivity index (χ3v) is 3.67. The molecule has 1 aromatic rings. The first-order valence-corrected chi connectivity index (χ1v) is 6.77. The Balaban J connectivity index is 1.92. The van der Waals surface area contributed by atoms with Crippen molar-refractivity contribution in [2.45, 2.75) is 39.2 Å². The van der Waals surface area contributed by atoms with Gasteiger partial charge in [-0.3, -0.25) is 0 Å². The van der Waals surface area contributed by atoms with Gasteiger partial charge in [0.15, 0.2) is 0 Å². The highest BCUT2D eigenvalue weighted by Crippen LogP contribution is 2.36. The smallest absolute Gasteiger partial charge is 0.335 e. The Labute approximate surface area is 118 Å². The van der Waals surface area contributed by atoms with Crippen molar-refractivity contribution in [1.82, 2.24) is 5.32 Å². The minimum absolute atomic E-state index is 0.157. The Kier molecular flexibility index (Phi) is 3.97. The maximum Gasteiger partial charge on any atom is 0.335 e. The summed E-state index contributed by atoms with van der Waals surface area (Å²) in [6.45, 7) is 4.39. The van der Waals surface area contributed by atoms with Crippen LogP contribution in [0.4, 0.5) is 10.5 Å². The fourth-order valence-corrected chi connectivity index (χ4v) is 2.64. The van der Waals surface area contributed by atoms with Gasteiger partial charge in [-0.1, -0.05) is 19.9 Å². The van der Waals surface area contributed by atoms with Crippen LogP contribution < -0.4 is 10.6 Å². The molecule has 1 aliphatic rings. The van der Waals surface area contributed by atoms with Crippen molar-refractivity contribution < 1.29 is 14.7 Å². The fraction of sp³-hybridized carbons (Fsp3) is 0.467. The first kappa shape index (κ1) is 14.4. The standard InChI is InChI=1S/C15H20N2O3/c1-15(2)7-6-12(9-15)17-14(20)16-11-5-3-4-10(8-11)13(18)19/h3-5,8,12H,6-7,9H2,1-2H3,(H,18,19)(H2,16,17,20). The Hall–Kier alpha value is -2.04. The van der Waals surface area contributed by atoms with Gasteiger partial charge in [0.25, 0.3) is 0 Å². The van der Waals surface area contributed by atoms with Gasteiger partial charge in [-0.25, -0.2) is 9.59 Å². The van der Waals surface area contributed by atoms with Crippen molar-refractivity contribution in [2.75, 3.05) is 5.32 Å². The molecule has 0 aromatic heterocycles. The zero-order chi connectivity index (χ0) is 14.8. The lowest BCUT2D eigenvalue weighted by Gasteiger charge is -2.18. The second kappa shape index (κ2) is 5.53. The summed E-state index contributed by atoms with van der Waals surface area (Å²) >= 11 is 0. The van der Waals surface area contributed by atoms with Crippen LogP contribution in [0.1, 0.15) is 43.5 Å². The van der Waals surface area contributed by atoms with Crippen LogP contribution in [0.15, 0.2) is 24.3 Å². The number of urea groups is 1. The Morgan fingerprint density at radius 1 is 1.35 bits per heavy atom. The number of carbonyl (C=O) groups excluding carboxylic acids is 1. The minimum atomic E-state index is -1.01. The van der Waals surface area contributed by atoms with Crippen molar-refractivity contribution in [3.05, 3.63) is 29.8 Å². The van der Waals surface area contributed by atoms with Crippen molar-refractivity contribution in [1.29, 1.82) is 0 Å². The molecule has 0 aliphatic heterocycles. The maximum absolute atomic E-state index is 11.9. The van der Waals surface area contributed by atoms with Gasteiger partial charge in [-0.2, -0.15) is 0 Å². The summed E-state index contributed by atoms with van der Waals surface area (Å²) in [5.41, 5.74) is 0.922. The highest BCUT2D eigenvalue weighted by atomic mass is 16.4. The van der Waals surface area contributed by atoms with Crippen LogP contribution in [0, 0.1) is 5.41 Å². The Morgan fingerprint density at radius 2 is 2.10 bits per heavy atom. The van der Waals surface area contributed by atoms with Crippen LogP contribution in [0.2, 0.25) is 0 Å². The molecule has 0 spiro atoms. The topological polar surface area (TPSA) is 78.4 Å². The highest BCUT2D eigenvalue weighted by Gasteiger charge is 2.31. The normalized spacial score (nSPS) is 20.4. The number of benzene rings is 1. The molecule has 1 atom stereocenters. The lowest BCUT2D eigenvalue weighted by atomic mass is 9.92. The summed E-state index contributed by atoms with van der Waals surface area (Å²) in [7, 11) is 0. The predicted molar refractivity (Wildman–Crippen MR) is 77.0 cm³/mol. The van der Waals surface area contributed by atoms with Crippen molar-refractivity contribution in [3.8, 4) is 0 Å². The number of aromatic carboxylic acids is 1. The third-order valence-electron chi connectivity index (χ3n) is 3.67. The van der Waals surface area contributed by atoms with E-state index in [0.717, 1.165) is 19.3 Å². The molecule has 1 unspecified atom stereocenters. The summed E-state index contributed by atoms with van der Waals surface area (Å²) in [5, 5.41) is 14.5. The molecule has 2 rings (SSSR count). The van der Waals surface area contributed by atoms with E-state index in [4.69, 9.17) is 5.11 Å². The predicted octanol–water partition coefficient (Wildman–Crippen LogP) is 3.09. The number of carbonyl (C=O) groups is 2. The van der Waals surface area contributed by atoms with Crippen LogP contribution in [0.25, 0.3) is 0 Å². The van der Waals surface area contributed by atoms with Crippen LogP contribution in [-0.2, 0) is 0 Å². The molecule has 20 heavy (non-hydrogen) atoms. The summed E-state index contributed by atoms with van der Waals surface area (Å²) in [5.74, 6) is -1.01. The summed E-state index contributed by atoms with van der Waals surface area (Å²) in [6.07, 6.45) is 3.05. The average Bonchev–Trinajstić information content (AvgIpc) is 2.68. The molecule has 1 saturated carbocycles. The molecule has 0 radical (unpaired) electrons. The van der Waals surface area contributed by atoms with E-state index in [2.05, 4.69) is 24.5 Å². The number of rotatable bonds is 3. The van der Waals surface area contributed by atoms with Crippen LogP contribution in [0.5, 0.6) is 0 Å². The second-order valence-corrected chi connectivity index (χ2v) is 6.09. The van der Waals surface area contributed by atoms with Crippen molar-refractivity contribution >= 4 is 17.7 Å². The van der Waals surface area contributed by atoms with E-state index in [1.165, 1.54) is 12.1 Å². The summed E-state index contributed by atoms with van der Waals surface area (Å²) in [6, 6.07) is 6.12. The molecule has 1 aromatic carbocycles. The number of hydrogen-bond donors (Lipinski definition) is 3. The van der Waals surface area contributed by atoms with Gasteiger partial charge in [0, 0.05) is 11.7 Å². The van der Waals surface area contributed by atoms with Gasteiger partial charge >= 0.3 is 12.0 Å². The number of nitrogens with one attached hydrogen (secondary N) is 2. The largest absolute Gasteiger partial charge is 0.478 e. The number of anilines is 1. The Morgan fingerprint density at radius 3 is 2.70 bits per heavy atom. The number of carboxylic acids is 1. The van der Waals surface area contributed by atoms with Crippen LogP contribution in [-0.4, -0.2) is 23.1 Å². The summed E-state index contributed by atoms with van der Waals surface area (Å²) < 4.78 is 0. The number of carboxylic acid groups (broad SMARTS) is 1. The first-order valence-electron chi connectivity index (χ1n) is 6.77. The molecule has 1 aliphatic carbocycles. The van der Waals surface area contributed by atoms with E-state index in [1.54, 1.807) is 12.1 Å². The zero-order valence-electron chi connectivity index (χ0n) is 11.8. The second-order valence-electron chi connectivity index (χ2n) is 6.09. The fourth-order valence-electron chi connectivity index (χ4n) is 2.64. The zero-order valence-corrected chi connectivity index (χ0v) is 11.8. The molecular weight excluding hydrogens is 256 g/mol. The molecule has 3 N–H and O–H groups in total. The van der Waals surface area contributed by atoms with E-state index in [0.29, 0.717) is 5.69 Å². The van der Waals surface area contributed by atoms with E-state index in [1.807, 2.05) is 0 Å². The van der Waals surface area contributed by atoms with Crippen molar-refractivity contribution in [2.24, 2.45) is 5.41 Å². The third kappa shape index (κ3) is 3.73. The van der Waals surface area contributed by atoms with Gasteiger partial charge in [-0.05, 0) is 42.9 Å².